The van der Waals surface area contributed by atoms with Gasteiger partial charge in [-0.15, -0.1) is 0 Å². The number of hydrogen-bond acceptors (Lipinski definition) is 6. The molecular formula is C34H40N2O5. The van der Waals surface area contributed by atoms with Gasteiger partial charge in [-0.1, -0.05) is 25.8 Å². The highest BCUT2D eigenvalue weighted by Crippen LogP contribution is 2.65. The maximum atomic E-state index is 13.9. The Kier molecular flexibility index (Phi) is 6.81. The largest absolute Gasteiger partial charge is 0.508 e. The molecule has 2 aromatic carbocycles. The lowest BCUT2D eigenvalue weighted by molar-refractivity contribution is -0.137. The number of hydrogen-bond donors (Lipinski definition) is 1. The minimum atomic E-state index is -0.458. The van der Waals surface area contributed by atoms with Gasteiger partial charge in [-0.25, -0.2) is 0 Å². The molecule has 2 bridgehead atoms. The van der Waals surface area contributed by atoms with Crippen molar-refractivity contribution in [2.24, 2.45) is 11.8 Å². The van der Waals surface area contributed by atoms with E-state index in [-0.39, 0.29) is 46.9 Å². The molecule has 7 nitrogen and oxygen atoms in total. The molecule has 1 saturated carbocycles. The number of carbonyl (C=O) groups excluding carboxylic acids is 2. The third-order valence-corrected chi connectivity index (χ3v) is 9.95. The Labute approximate surface area is 242 Å². The molecule has 2 aromatic rings. The van der Waals surface area contributed by atoms with E-state index < -0.39 is 5.97 Å². The molecular weight excluding hydrogens is 516 g/mol. The van der Waals surface area contributed by atoms with E-state index in [4.69, 9.17) is 9.47 Å². The number of carbonyl (C=O) groups is 2. The SMILES string of the molecule is CC(=O)Oc1cc(O)c2c3c1O[C@H]1[C@@H](N(CC(C)C)C(=O)C#Cc4ccc(C)c(C)c4)CC[C@H]4[C@@H](C2)N(C)CC[C@@]341. The molecule has 1 amide bonds. The van der Waals surface area contributed by atoms with Crippen LogP contribution in [0.3, 0.4) is 0 Å². The molecule has 1 N–H and O–H groups in total. The lowest BCUT2D eigenvalue weighted by atomic mass is 9.51. The number of likely N-dealkylation sites (N-methyl/N-ethyl adjacent to an activating group) is 1. The molecule has 2 aliphatic carbocycles. The lowest BCUT2D eigenvalue weighted by Gasteiger charge is -2.60. The molecule has 0 unspecified atom stereocenters. The second-order valence-electron chi connectivity index (χ2n) is 12.9. The van der Waals surface area contributed by atoms with Gasteiger partial charge in [0, 0.05) is 53.6 Å². The first-order chi connectivity index (χ1) is 19.5. The summed E-state index contributed by atoms with van der Waals surface area (Å²) in [7, 11) is 2.17. The molecule has 2 aliphatic heterocycles. The van der Waals surface area contributed by atoms with Crippen molar-refractivity contribution in [2.45, 2.75) is 83.9 Å². The first-order valence-electron chi connectivity index (χ1n) is 14.9. The second kappa shape index (κ2) is 10.1. The van der Waals surface area contributed by atoms with Crippen LogP contribution in [0.2, 0.25) is 0 Å². The monoisotopic (exact) mass is 556 g/mol. The van der Waals surface area contributed by atoms with Gasteiger partial charge in [0.2, 0.25) is 0 Å². The highest BCUT2D eigenvalue weighted by Gasteiger charge is 2.67. The number of phenolic OH excluding ortho intramolecular Hbond substituents is 1. The Bertz CT molecular complexity index is 1490. The Hall–Kier alpha value is -3.50. The number of phenols is 1. The van der Waals surface area contributed by atoms with Crippen molar-refractivity contribution in [1.29, 1.82) is 0 Å². The number of nitrogens with zero attached hydrogens (tertiary/aromatic N) is 2. The van der Waals surface area contributed by atoms with Crippen molar-refractivity contribution in [3.63, 3.8) is 0 Å². The minimum absolute atomic E-state index is 0.152. The van der Waals surface area contributed by atoms with E-state index in [2.05, 4.69) is 51.5 Å². The number of esters is 1. The smallest absolute Gasteiger partial charge is 0.308 e. The van der Waals surface area contributed by atoms with E-state index in [0.29, 0.717) is 18.2 Å². The number of piperidine rings is 1. The second-order valence-corrected chi connectivity index (χ2v) is 12.9. The third kappa shape index (κ3) is 4.39. The molecule has 0 radical (unpaired) electrons. The molecule has 216 valence electrons. The van der Waals surface area contributed by atoms with E-state index in [9.17, 15) is 14.7 Å². The van der Waals surface area contributed by atoms with Crippen molar-refractivity contribution in [2.75, 3.05) is 20.1 Å². The zero-order valence-corrected chi connectivity index (χ0v) is 24.9. The van der Waals surface area contributed by atoms with E-state index in [1.54, 1.807) is 0 Å². The molecule has 6 rings (SSSR count). The van der Waals surface area contributed by atoms with Crippen LogP contribution in [0.1, 0.15) is 67.9 Å². The predicted molar refractivity (Wildman–Crippen MR) is 156 cm³/mol. The van der Waals surface area contributed by atoms with Gasteiger partial charge in [0.25, 0.3) is 5.91 Å². The summed E-state index contributed by atoms with van der Waals surface area (Å²) in [6, 6.07) is 7.63. The molecule has 5 atom stereocenters. The van der Waals surface area contributed by atoms with Gasteiger partial charge in [-0.05, 0) is 88.2 Å². The Morgan fingerprint density at radius 1 is 1.22 bits per heavy atom. The van der Waals surface area contributed by atoms with Crippen molar-refractivity contribution in [1.82, 2.24) is 9.80 Å². The van der Waals surface area contributed by atoms with Crippen molar-refractivity contribution in [3.05, 3.63) is 52.1 Å². The Morgan fingerprint density at radius 2 is 2.00 bits per heavy atom. The van der Waals surface area contributed by atoms with E-state index >= 15 is 0 Å². The van der Waals surface area contributed by atoms with Crippen LogP contribution in [0, 0.1) is 37.5 Å². The molecule has 1 spiro atoms. The number of aromatic hydroxyl groups is 1. The van der Waals surface area contributed by atoms with Crippen molar-refractivity contribution >= 4 is 11.9 Å². The standard InChI is InChI=1S/C34H40N2O5/c1-19(2)18-36(30(39)12-9-23-8-7-20(3)21(4)15-23)26-11-10-25-27-16-24-28(38)17-29(40-22(5)37)32-31(24)34(25,33(26)41-32)13-14-35(27)6/h7-8,15,17,19,25-27,33,38H,10-11,13-14,16,18H2,1-6H3/t25-,26-,27+,33-,34-/m0/s1. The highest BCUT2D eigenvalue weighted by atomic mass is 16.6. The van der Waals surface area contributed by atoms with Gasteiger partial charge in [0.05, 0.1) is 6.04 Å². The fourth-order valence-electron chi connectivity index (χ4n) is 8.09. The van der Waals surface area contributed by atoms with Gasteiger partial charge < -0.3 is 24.4 Å². The number of rotatable bonds is 4. The first-order valence-corrected chi connectivity index (χ1v) is 14.9. The van der Waals surface area contributed by atoms with E-state index in [1.165, 1.54) is 18.6 Å². The van der Waals surface area contributed by atoms with E-state index in [1.807, 2.05) is 23.1 Å². The zero-order chi connectivity index (χ0) is 29.2. The van der Waals surface area contributed by atoms with Gasteiger partial charge in [-0.2, -0.15) is 0 Å². The third-order valence-electron chi connectivity index (χ3n) is 9.95. The van der Waals surface area contributed by atoms with Crippen LogP contribution in [-0.4, -0.2) is 65.1 Å². The number of aryl methyl sites for hydroxylation is 2. The van der Waals surface area contributed by atoms with Crippen molar-refractivity contribution < 1.29 is 24.2 Å². The summed E-state index contributed by atoms with van der Waals surface area (Å²) < 4.78 is 12.5. The van der Waals surface area contributed by atoms with E-state index in [0.717, 1.165) is 54.5 Å². The topological polar surface area (TPSA) is 79.3 Å². The van der Waals surface area contributed by atoms with Gasteiger partial charge in [0.1, 0.15) is 11.9 Å². The predicted octanol–water partition coefficient (Wildman–Crippen LogP) is 4.51. The lowest BCUT2D eigenvalue weighted by Crippen LogP contribution is -2.68. The average Bonchev–Trinajstić information content (AvgIpc) is 3.26. The summed E-state index contributed by atoms with van der Waals surface area (Å²) in [5, 5.41) is 11.2. The zero-order valence-electron chi connectivity index (χ0n) is 24.9. The number of benzene rings is 2. The maximum absolute atomic E-state index is 13.9. The summed E-state index contributed by atoms with van der Waals surface area (Å²) in [5.41, 5.74) is 4.69. The summed E-state index contributed by atoms with van der Waals surface area (Å²) in [5.74, 6) is 6.97. The summed E-state index contributed by atoms with van der Waals surface area (Å²) in [6.07, 6.45) is 3.03. The van der Waals surface area contributed by atoms with Crippen LogP contribution in [0.4, 0.5) is 0 Å². The molecule has 2 heterocycles. The summed E-state index contributed by atoms with van der Waals surface area (Å²) in [4.78, 5) is 30.3. The minimum Gasteiger partial charge on any atom is -0.508 e. The van der Waals surface area contributed by atoms with Gasteiger partial charge in [0.15, 0.2) is 11.5 Å². The van der Waals surface area contributed by atoms with Crippen LogP contribution in [0.15, 0.2) is 24.3 Å². The van der Waals surface area contributed by atoms with Crippen LogP contribution in [-0.2, 0) is 21.4 Å². The first kappa shape index (κ1) is 27.7. The van der Waals surface area contributed by atoms with Gasteiger partial charge in [-0.3, -0.25) is 9.59 Å². The Morgan fingerprint density at radius 3 is 2.71 bits per heavy atom. The summed E-state index contributed by atoms with van der Waals surface area (Å²) in [6.45, 7) is 11.2. The van der Waals surface area contributed by atoms with Crippen LogP contribution in [0.25, 0.3) is 0 Å². The molecule has 1 saturated heterocycles. The fraction of sp³-hybridized carbons (Fsp3) is 0.529. The van der Waals surface area contributed by atoms with Crippen molar-refractivity contribution in [3.8, 4) is 29.1 Å². The Balaban J connectivity index is 1.43. The molecule has 0 aromatic heterocycles. The number of ether oxygens (including phenoxy) is 2. The number of likely N-dealkylation sites (tertiary alicyclic amines) is 1. The van der Waals surface area contributed by atoms with Crippen LogP contribution < -0.4 is 9.47 Å². The molecule has 7 heteroatoms. The normalized spacial score (nSPS) is 27.4. The van der Waals surface area contributed by atoms with Crippen LogP contribution >= 0.6 is 0 Å². The molecule has 41 heavy (non-hydrogen) atoms. The summed E-state index contributed by atoms with van der Waals surface area (Å²) >= 11 is 0. The maximum Gasteiger partial charge on any atom is 0.308 e. The number of amides is 1. The average molecular weight is 557 g/mol. The van der Waals surface area contributed by atoms with Gasteiger partial charge >= 0.3 is 5.97 Å². The highest BCUT2D eigenvalue weighted by molar-refractivity contribution is 5.94. The van der Waals surface area contributed by atoms with Crippen LogP contribution in [0.5, 0.6) is 17.2 Å². The molecule has 4 aliphatic rings. The quantitative estimate of drug-likeness (QED) is 0.339. The molecule has 2 fully saturated rings. The fourth-order valence-corrected chi connectivity index (χ4v) is 8.09.